The molecule has 4 rings (SSSR count). The number of anilines is 1. The number of carbonyl (C=O) groups excluding carboxylic acids is 2. The molecule has 0 aromatic carbocycles. The van der Waals surface area contributed by atoms with Crippen molar-refractivity contribution in [2.75, 3.05) is 25.5 Å². The fourth-order valence-corrected chi connectivity index (χ4v) is 5.43. The van der Waals surface area contributed by atoms with E-state index in [0.717, 1.165) is 23.9 Å². The highest BCUT2D eigenvalue weighted by Crippen LogP contribution is 2.34. The van der Waals surface area contributed by atoms with Crippen molar-refractivity contribution in [3.63, 3.8) is 0 Å². The van der Waals surface area contributed by atoms with Crippen LogP contribution < -0.4 is 5.32 Å². The van der Waals surface area contributed by atoms with Crippen LogP contribution in [0.1, 0.15) is 31.5 Å². The van der Waals surface area contributed by atoms with Crippen molar-refractivity contribution in [1.29, 1.82) is 0 Å². The first-order valence-corrected chi connectivity index (χ1v) is 10.6. The van der Waals surface area contributed by atoms with E-state index < -0.39 is 0 Å². The minimum absolute atomic E-state index is 0.0299. The van der Waals surface area contributed by atoms with Gasteiger partial charge in [-0.2, -0.15) is 0 Å². The van der Waals surface area contributed by atoms with Crippen LogP contribution in [0.2, 0.25) is 0 Å². The first kappa shape index (κ1) is 18.8. The lowest BCUT2D eigenvalue weighted by Crippen LogP contribution is -2.38. The van der Waals surface area contributed by atoms with E-state index in [-0.39, 0.29) is 18.4 Å². The van der Waals surface area contributed by atoms with Crippen LogP contribution in [0.5, 0.6) is 0 Å². The molecule has 0 radical (unpaired) electrons. The summed E-state index contributed by atoms with van der Waals surface area (Å²) in [4.78, 5) is 38.1. The first-order chi connectivity index (χ1) is 13.5. The molecule has 0 fully saturated rings. The Kier molecular flexibility index (Phi) is 5.03. The van der Waals surface area contributed by atoms with Gasteiger partial charge in [-0.3, -0.25) is 4.79 Å². The quantitative estimate of drug-likeness (QED) is 0.658. The van der Waals surface area contributed by atoms with Crippen LogP contribution in [0.15, 0.2) is 11.4 Å². The number of esters is 1. The van der Waals surface area contributed by atoms with Crippen molar-refractivity contribution >= 4 is 50.6 Å². The lowest BCUT2D eigenvalue weighted by molar-refractivity contribution is -0.130. The van der Waals surface area contributed by atoms with E-state index in [0.29, 0.717) is 27.9 Å². The molecule has 4 heterocycles. The number of hydrogen-bond acceptors (Lipinski definition) is 8. The molecule has 7 nitrogen and oxygen atoms in total. The van der Waals surface area contributed by atoms with Crippen molar-refractivity contribution in [3.05, 3.63) is 38.2 Å². The number of aromatic nitrogens is 2. The van der Waals surface area contributed by atoms with Crippen molar-refractivity contribution in [3.8, 4) is 0 Å². The summed E-state index contributed by atoms with van der Waals surface area (Å²) in [6.45, 7) is 5.17. The number of carbonyl (C=O) groups is 2. The molecule has 0 unspecified atom stereocenters. The van der Waals surface area contributed by atoms with Crippen molar-refractivity contribution in [2.24, 2.45) is 0 Å². The van der Waals surface area contributed by atoms with Crippen LogP contribution in [0, 0.1) is 13.8 Å². The zero-order valence-corrected chi connectivity index (χ0v) is 17.5. The molecule has 3 aromatic heterocycles. The van der Waals surface area contributed by atoms with Crippen LogP contribution in [-0.2, 0) is 22.5 Å². The summed E-state index contributed by atoms with van der Waals surface area (Å²) in [5.74, 6) is 0.802. The van der Waals surface area contributed by atoms with Gasteiger partial charge in [0, 0.05) is 18.0 Å². The second kappa shape index (κ2) is 7.48. The lowest BCUT2D eigenvalue weighted by Gasteiger charge is -2.27. The molecule has 0 saturated carbocycles. The van der Waals surface area contributed by atoms with Crippen LogP contribution in [-0.4, -0.2) is 46.9 Å². The molecular weight excluding hydrogens is 396 g/mol. The third-order valence-electron chi connectivity index (χ3n) is 4.84. The number of methoxy groups -OCH3 is 1. The summed E-state index contributed by atoms with van der Waals surface area (Å²) >= 11 is 3.03. The molecule has 1 N–H and O–H groups in total. The van der Waals surface area contributed by atoms with Gasteiger partial charge < -0.3 is 15.0 Å². The average Bonchev–Trinajstić information content (AvgIpc) is 3.28. The molecule has 1 aliphatic rings. The molecular formula is C19H20N4O3S2. The van der Waals surface area contributed by atoms with Gasteiger partial charge in [0.2, 0.25) is 5.91 Å². The van der Waals surface area contributed by atoms with Crippen LogP contribution in [0.4, 0.5) is 5.82 Å². The molecule has 28 heavy (non-hydrogen) atoms. The Labute approximate surface area is 170 Å². The molecule has 146 valence electrons. The van der Waals surface area contributed by atoms with Crippen LogP contribution >= 0.6 is 22.7 Å². The Morgan fingerprint density at radius 3 is 2.93 bits per heavy atom. The molecule has 0 bridgehead atoms. The molecule has 0 aliphatic carbocycles. The lowest BCUT2D eigenvalue weighted by atomic mass is 10.1. The van der Waals surface area contributed by atoms with Gasteiger partial charge in [0.15, 0.2) is 0 Å². The summed E-state index contributed by atoms with van der Waals surface area (Å²) in [7, 11) is 1.36. The van der Waals surface area contributed by atoms with E-state index >= 15 is 0 Å². The number of fused-ring (bicyclic) bond motifs is 2. The van der Waals surface area contributed by atoms with E-state index in [1.54, 1.807) is 18.3 Å². The number of rotatable bonds is 4. The SMILES string of the molecule is COC(=O)c1sc2nc(C)nc(NCC(=O)N3CCc4sccc4C3)c2c1C. The maximum Gasteiger partial charge on any atom is 0.348 e. The molecule has 1 amide bonds. The van der Waals surface area contributed by atoms with E-state index in [4.69, 9.17) is 4.74 Å². The van der Waals surface area contributed by atoms with Gasteiger partial charge in [0.1, 0.15) is 21.3 Å². The third kappa shape index (κ3) is 3.35. The Hall–Kier alpha value is -2.52. The Balaban J connectivity index is 1.55. The summed E-state index contributed by atoms with van der Waals surface area (Å²) in [5.41, 5.74) is 2.00. The smallest absolute Gasteiger partial charge is 0.348 e. The summed E-state index contributed by atoms with van der Waals surface area (Å²) in [6.07, 6.45) is 0.904. The number of amides is 1. The maximum absolute atomic E-state index is 12.7. The van der Waals surface area contributed by atoms with Gasteiger partial charge in [-0.15, -0.1) is 22.7 Å². The van der Waals surface area contributed by atoms with Crippen LogP contribution in [0.25, 0.3) is 10.2 Å². The van der Waals surface area contributed by atoms with E-state index in [9.17, 15) is 9.59 Å². The Morgan fingerprint density at radius 2 is 2.14 bits per heavy atom. The molecule has 0 saturated heterocycles. The van der Waals surface area contributed by atoms with Gasteiger partial charge in [-0.25, -0.2) is 14.8 Å². The monoisotopic (exact) mass is 416 g/mol. The van der Waals surface area contributed by atoms with Gasteiger partial charge in [-0.1, -0.05) is 0 Å². The van der Waals surface area contributed by atoms with E-state index in [1.165, 1.54) is 28.9 Å². The average molecular weight is 417 g/mol. The molecule has 0 atom stereocenters. The van der Waals surface area contributed by atoms with Gasteiger partial charge in [0.05, 0.1) is 19.0 Å². The van der Waals surface area contributed by atoms with Crippen molar-refractivity contribution < 1.29 is 14.3 Å². The Bertz CT molecular complexity index is 1070. The van der Waals surface area contributed by atoms with Gasteiger partial charge in [-0.05, 0) is 42.8 Å². The van der Waals surface area contributed by atoms with Gasteiger partial charge >= 0.3 is 5.97 Å². The Morgan fingerprint density at radius 1 is 1.32 bits per heavy atom. The minimum Gasteiger partial charge on any atom is -0.465 e. The largest absolute Gasteiger partial charge is 0.465 e. The third-order valence-corrected chi connectivity index (χ3v) is 7.03. The number of hydrogen-bond donors (Lipinski definition) is 1. The van der Waals surface area contributed by atoms with Crippen molar-refractivity contribution in [1.82, 2.24) is 14.9 Å². The molecule has 9 heteroatoms. The number of thiophene rings is 2. The first-order valence-electron chi connectivity index (χ1n) is 8.91. The predicted octanol–water partition coefficient (Wildman–Crippen LogP) is 3.15. The fraction of sp³-hybridized carbons (Fsp3) is 0.368. The zero-order valence-electron chi connectivity index (χ0n) is 15.9. The molecule has 0 spiro atoms. The molecule has 3 aromatic rings. The highest BCUT2D eigenvalue weighted by atomic mass is 32.1. The van der Waals surface area contributed by atoms with Gasteiger partial charge in [0.25, 0.3) is 0 Å². The van der Waals surface area contributed by atoms with Crippen molar-refractivity contribution in [2.45, 2.75) is 26.8 Å². The maximum atomic E-state index is 12.7. The fourth-order valence-electron chi connectivity index (χ4n) is 3.39. The number of nitrogens with zero attached hydrogens (tertiary/aromatic N) is 3. The standard InChI is InChI=1S/C19H20N4O3S2/c1-10-15-17(21-11(2)22-18(15)28-16(10)19(25)26-3)20-8-14(24)23-6-4-13-12(9-23)5-7-27-13/h5,7H,4,6,8-9H2,1-3H3,(H,20,21,22). The number of aryl methyl sites for hydroxylation is 2. The zero-order chi connectivity index (χ0) is 19.8. The van der Waals surface area contributed by atoms with E-state index in [2.05, 4.69) is 26.7 Å². The molecule has 1 aliphatic heterocycles. The normalized spacial score (nSPS) is 13.5. The second-order valence-electron chi connectivity index (χ2n) is 6.64. The summed E-state index contributed by atoms with van der Waals surface area (Å²) in [6, 6.07) is 2.09. The number of nitrogens with one attached hydrogen (secondary N) is 1. The second-order valence-corrected chi connectivity index (χ2v) is 8.63. The predicted molar refractivity (Wildman–Crippen MR) is 110 cm³/mol. The summed E-state index contributed by atoms with van der Waals surface area (Å²) < 4.78 is 4.86. The van der Waals surface area contributed by atoms with E-state index in [1.807, 2.05) is 11.8 Å². The number of ether oxygens (including phenoxy) is 1. The minimum atomic E-state index is -0.389. The van der Waals surface area contributed by atoms with Crippen LogP contribution in [0.3, 0.4) is 0 Å². The summed E-state index contributed by atoms with van der Waals surface area (Å²) in [5, 5.41) is 6.01. The highest BCUT2D eigenvalue weighted by molar-refractivity contribution is 7.20. The highest BCUT2D eigenvalue weighted by Gasteiger charge is 2.23. The topological polar surface area (TPSA) is 84.4 Å².